The van der Waals surface area contributed by atoms with Gasteiger partial charge in [0, 0.05) is 5.41 Å². The molecule has 2 aromatic rings. The average Bonchev–Trinajstić information content (AvgIpc) is 2.89. The van der Waals surface area contributed by atoms with Gasteiger partial charge < -0.3 is 5.73 Å². The lowest BCUT2D eigenvalue weighted by Crippen LogP contribution is -2.21. The molecule has 0 atom stereocenters. The number of halogens is 1. The predicted molar refractivity (Wildman–Crippen MR) is 83.4 cm³/mol. The molecule has 0 spiro atoms. The third-order valence-corrected chi connectivity index (χ3v) is 4.05. The lowest BCUT2D eigenvalue weighted by molar-refractivity contribution is -0.114. The Kier molecular flexibility index (Phi) is 5.62. The van der Waals surface area contributed by atoms with E-state index in [1.165, 1.54) is 11.3 Å². The Hall–Kier alpha value is -1.50. The van der Waals surface area contributed by atoms with Crippen molar-refractivity contribution in [2.24, 2.45) is 5.73 Å². The van der Waals surface area contributed by atoms with Gasteiger partial charge in [0.15, 0.2) is 0 Å². The van der Waals surface area contributed by atoms with Crippen molar-refractivity contribution in [1.82, 2.24) is 10.2 Å². The maximum atomic E-state index is 11.2. The van der Waals surface area contributed by atoms with Gasteiger partial charge in [0.2, 0.25) is 11.0 Å². The van der Waals surface area contributed by atoms with Crippen molar-refractivity contribution in [2.45, 2.75) is 19.3 Å². The van der Waals surface area contributed by atoms with Crippen LogP contribution in [0, 0.1) is 0 Å². The molecule has 0 aliphatic carbocycles. The molecule has 0 aliphatic heterocycles. The maximum absolute atomic E-state index is 11.2. The summed E-state index contributed by atoms with van der Waals surface area (Å²) in [6, 6.07) is 10.1. The van der Waals surface area contributed by atoms with E-state index < -0.39 is 0 Å². The zero-order valence-corrected chi connectivity index (χ0v) is 12.9. The lowest BCUT2D eigenvalue weighted by atomic mass is 9.85. The van der Waals surface area contributed by atoms with Gasteiger partial charge in [0.05, 0.1) is 6.54 Å². The molecule has 0 unspecified atom stereocenters. The highest BCUT2D eigenvalue weighted by atomic mass is 35.5. The van der Waals surface area contributed by atoms with E-state index in [1.807, 2.05) is 18.2 Å². The van der Waals surface area contributed by atoms with Crippen LogP contribution in [0.25, 0.3) is 0 Å². The summed E-state index contributed by atoms with van der Waals surface area (Å²) in [6.07, 6.45) is 0. The predicted octanol–water partition coefficient (Wildman–Crippen LogP) is 2.18. The van der Waals surface area contributed by atoms with E-state index in [2.05, 4.69) is 41.5 Å². The summed E-state index contributed by atoms with van der Waals surface area (Å²) in [4.78, 5) is 11.2. The van der Waals surface area contributed by atoms with Gasteiger partial charge in [-0.2, -0.15) is 0 Å². The summed E-state index contributed by atoms with van der Waals surface area (Å²) >= 11 is 1.37. The Balaban J connectivity index is 0.00000200. The van der Waals surface area contributed by atoms with Crippen LogP contribution in [0.1, 0.15) is 24.4 Å². The zero-order chi connectivity index (χ0) is 13.9. The summed E-state index contributed by atoms with van der Waals surface area (Å²) in [6.45, 7) is 4.10. The quantitative estimate of drug-likeness (QED) is 0.906. The van der Waals surface area contributed by atoms with E-state index in [-0.39, 0.29) is 30.3 Å². The second kappa shape index (κ2) is 6.78. The van der Waals surface area contributed by atoms with Crippen molar-refractivity contribution in [2.75, 3.05) is 11.9 Å². The minimum absolute atomic E-state index is 0. The summed E-state index contributed by atoms with van der Waals surface area (Å²) in [5, 5.41) is 12.1. The molecule has 3 N–H and O–H groups in total. The first-order valence-corrected chi connectivity index (χ1v) is 6.75. The van der Waals surface area contributed by atoms with E-state index in [0.29, 0.717) is 5.13 Å². The van der Waals surface area contributed by atoms with Gasteiger partial charge >= 0.3 is 0 Å². The molecule has 0 radical (unpaired) electrons. The Morgan fingerprint density at radius 2 is 1.95 bits per heavy atom. The van der Waals surface area contributed by atoms with Crippen LogP contribution in [0.15, 0.2) is 30.3 Å². The largest absolute Gasteiger partial charge is 0.322 e. The number of amides is 1. The molecular weight excluding hydrogens is 296 g/mol. The number of benzene rings is 1. The number of hydrogen-bond donors (Lipinski definition) is 2. The van der Waals surface area contributed by atoms with E-state index in [4.69, 9.17) is 5.73 Å². The summed E-state index contributed by atoms with van der Waals surface area (Å²) in [5.41, 5.74) is 6.16. The standard InChI is InChI=1S/C13H16N4OS.ClH/c1-13(2,9-6-4-3-5-7-9)11-16-17-12(19-11)15-10(18)8-14;/h3-7H,8,14H2,1-2H3,(H,15,17,18);1H. The molecule has 7 heteroatoms. The number of rotatable bonds is 4. The first kappa shape index (κ1) is 16.6. The smallest absolute Gasteiger partial charge is 0.239 e. The third-order valence-electron chi connectivity index (χ3n) is 2.89. The van der Waals surface area contributed by atoms with Crippen molar-refractivity contribution in [3.63, 3.8) is 0 Å². The van der Waals surface area contributed by atoms with Crippen LogP contribution in [0.5, 0.6) is 0 Å². The van der Waals surface area contributed by atoms with Crippen LogP contribution in [0.2, 0.25) is 0 Å². The Bertz CT molecular complexity index is 571. The van der Waals surface area contributed by atoms with E-state index in [0.717, 1.165) is 10.6 Å². The molecule has 1 aromatic carbocycles. The molecule has 108 valence electrons. The topological polar surface area (TPSA) is 80.9 Å². The molecule has 1 heterocycles. The summed E-state index contributed by atoms with van der Waals surface area (Å²) in [5.74, 6) is -0.264. The van der Waals surface area contributed by atoms with Gasteiger partial charge in [0.25, 0.3) is 0 Å². The highest BCUT2D eigenvalue weighted by Crippen LogP contribution is 2.34. The number of hydrogen-bond acceptors (Lipinski definition) is 5. The molecule has 0 bridgehead atoms. The maximum Gasteiger partial charge on any atom is 0.239 e. The minimum atomic E-state index is -0.264. The molecule has 5 nitrogen and oxygen atoms in total. The highest BCUT2D eigenvalue weighted by molar-refractivity contribution is 7.15. The number of nitrogens with zero attached hydrogens (tertiary/aromatic N) is 2. The van der Waals surface area contributed by atoms with Gasteiger partial charge in [-0.3, -0.25) is 10.1 Å². The van der Waals surface area contributed by atoms with Crippen molar-refractivity contribution < 1.29 is 4.79 Å². The number of nitrogens with one attached hydrogen (secondary N) is 1. The first-order chi connectivity index (χ1) is 9.04. The van der Waals surface area contributed by atoms with Crippen LogP contribution in [-0.4, -0.2) is 22.6 Å². The molecule has 2 rings (SSSR count). The molecule has 0 fully saturated rings. The van der Waals surface area contributed by atoms with Crippen LogP contribution in [-0.2, 0) is 10.2 Å². The van der Waals surface area contributed by atoms with E-state index in [9.17, 15) is 4.79 Å². The summed E-state index contributed by atoms with van der Waals surface area (Å²) < 4.78 is 0. The Morgan fingerprint density at radius 3 is 2.55 bits per heavy atom. The van der Waals surface area contributed by atoms with Crippen molar-refractivity contribution in [3.8, 4) is 0 Å². The SMILES string of the molecule is CC(C)(c1ccccc1)c1nnc(NC(=O)CN)s1.Cl. The van der Waals surface area contributed by atoms with Crippen molar-refractivity contribution in [1.29, 1.82) is 0 Å². The van der Waals surface area contributed by atoms with Crippen LogP contribution >= 0.6 is 23.7 Å². The van der Waals surface area contributed by atoms with Gasteiger partial charge in [0.1, 0.15) is 5.01 Å². The zero-order valence-electron chi connectivity index (χ0n) is 11.3. The fourth-order valence-electron chi connectivity index (χ4n) is 1.67. The van der Waals surface area contributed by atoms with E-state index in [1.54, 1.807) is 0 Å². The number of carbonyl (C=O) groups excluding carboxylic acids is 1. The summed E-state index contributed by atoms with van der Waals surface area (Å²) in [7, 11) is 0. The second-order valence-corrected chi connectivity index (χ2v) is 5.63. The van der Waals surface area contributed by atoms with Gasteiger partial charge in [-0.15, -0.1) is 22.6 Å². The highest BCUT2D eigenvalue weighted by Gasteiger charge is 2.27. The normalized spacial score (nSPS) is 10.8. The molecular formula is C13H17ClN4OS. The second-order valence-electron chi connectivity index (χ2n) is 4.66. The van der Waals surface area contributed by atoms with Gasteiger partial charge in [-0.25, -0.2) is 0 Å². The fraction of sp³-hybridized carbons (Fsp3) is 0.308. The molecule has 20 heavy (non-hydrogen) atoms. The molecule has 0 saturated heterocycles. The number of aromatic nitrogens is 2. The molecule has 0 saturated carbocycles. The van der Waals surface area contributed by atoms with Crippen LogP contribution in [0.3, 0.4) is 0 Å². The lowest BCUT2D eigenvalue weighted by Gasteiger charge is -2.21. The first-order valence-electron chi connectivity index (χ1n) is 5.93. The number of carbonyl (C=O) groups is 1. The molecule has 0 aliphatic rings. The van der Waals surface area contributed by atoms with Crippen molar-refractivity contribution in [3.05, 3.63) is 40.9 Å². The van der Waals surface area contributed by atoms with Gasteiger partial charge in [-0.1, -0.05) is 41.7 Å². The van der Waals surface area contributed by atoms with Gasteiger partial charge in [-0.05, 0) is 19.4 Å². The molecule has 1 amide bonds. The van der Waals surface area contributed by atoms with E-state index >= 15 is 0 Å². The number of anilines is 1. The minimum Gasteiger partial charge on any atom is -0.322 e. The Labute approximate surface area is 128 Å². The molecule has 1 aromatic heterocycles. The van der Waals surface area contributed by atoms with Crippen molar-refractivity contribution >= 4 is 34.8 Å². The fourth-order valence-corrected chi connectivity index (χ4v) is 2.56. The number of nitrogens with two attached hydrogens (primary N) is 1. The Morgan fingerprint density at radius 1 is 1.30 bits per heavy atom. The monoisotopic (exact) mass is 312 g/mol. The average molecular weight is 313 g/mol. The third kappa shape index (κ3) is 3.53. The van der Waals surface area contributed by atoms with Crippen LogP contribution < -0.4 is 11.1 Å². The van der Waals surface area contributed by atoms with Crippen LogP contribution in [0.4, 0.5) is 5.13 Å².